The second kappa shape index (κ2) is 13.0. The van der Waals surface area contributed by atoms with E-state index in [0.29, 0.717) is 0 Å². The molecule has 4 aromatic rings. The van der Waals surface area contributed by atoms with E-state index in [1.54, 1.807) is 0 Å². The molecule has 0 aromatic heterocycles. The van der Waals surface area contributed by atoms with Gasteiger partial charge in [-0.2, -0.15) is 0 Å². The van der Waals surface area contributed by atoms with Gasteiger partial charge in [-0.1, -0.05) is 216 Å². The maximum Gasteiger partial charge on any atom is 0.163 e. The molecule has 1 aliphatic rings. The topological polar surface area (TPSA) is 0 Å². The molecule has 0 N–H and O–H groups in total. The van der Waals surface area contributed by atoms with Gasteiger partial charge < -0.3 is 0 Å². The Morgan fingerprint density at radius 1 is 0.327 bits per heavy atom. The smallest absolute Gasteiger partial charge is 0.0741 e. The minimum Gasteiger partial charge on any atom is -0.0741 e. The lowest BCUT2D eigenvalue weighted by atomic mass is 9.80. The van der Waals surface area contributed by atoms with Crippen LogP contribution in [0.15, 0.2) is 84.9 Å². The number of fused-ring (bicyclic) bond motifs is 1. The molecule has 5 rings (SSSR count). The second-order valence-corrected chi connectivity index (χ2v) is 25.8. The summed E-state index contributed by atoms with van der Waals surface area (Å²) in [5, 5.41) is 4.45. The summed E-state index contributed by atoms with van der Waals surface area (Å²) in [6.45, 7) is 42.9. The van der Waals surface area contributed by atoms with Gasteiger partial charge in [-0.05, 0) is 92.6 Å². The summed E-state index contributed by atoms with van der Waals surface area (Å²) >= 11 is 0. The number of allylic oxidation sites excluding steroid dienone is 1. The van der Waals surface area contributed by atoms with Crippen LogP contribution in [0.25, 0.3) is 6.08 Å². The normalized spacial score (nSPS) is 15.0. The van der Waals surface area contributed by atoms with Crippen molar-refractivity contribution in [2.75, 3.05) is 0 Å². The number of benzene rings is 4. The molecule has 1 aliphatic carbocycles. The van der Waals surface area contributed by atoms with Crippen molar-refractivity contribution in [3.63, 3.8) is 0 Å². The molecule has 1 radical (unpaired) electrons. The molecule has 0 spiro atoms. The molecule has 52 heavy (non-hydrogen) atoms. The summed E-state index contributed by atoms with van der Waals surface area (Å²) in [4.78, 5) is 0. The lowest BCUT2D eigenvalue weighted by Crippen LogP contribution is -2.71. The zero-order valence-electron chi connectivity index (χ0n) is 36.2. The maximum absolute atomic E-state index is 3.07. The average molecular weight is 710 g/mol. The molecular formula is C51H69Si. The molecule has 0 amide bonds. The van der Waals surface area contributed by atoms with E-state index in [1.807, 2.05) is 0 Å². The Balaban J connectivity index is 2.16. The highest BCUT2D eigenvalue weighted by Crippen LogP contribution is 2.40. The predicted molar refractivity (Wildman–Crippen MR) is 234 cm³/mol. The van der Waals surface area contributed by atoms with E-state index in [2.05, 4.69) is 216 Å². The van der Waals surface area contributed by atoms with Crippen LogP contribution in [0.1, 0.15) is 169 Å². The molecule has 0 fully saturated rings. The number of hydrogen-bond acceptors (Lipinski definition) is 0. The van der Waals surface area contributed by atoms with Crippen molar-refractivity contribution in [3.05, 3.63) is 135 Å². The van der Waals surface area contributed by atoms with Crippen molar-refractivity contribution in [2.45, 2.75) is 157 Å². The third-order valence-corrected chi connectivity index (χ3v) is 16.1. The van der Waals surface area contributed by atoms with Gasteiger partial charge in [0.1, 0.15) is 0 Å². The fourth-order valence-corrected chi connectivity index (χ4v) is 12.7. The van der Waals surface area contributed by atoms with E-state index in [0.717, 1.165) is 0 Å². The van der Waals surface area contributed by atoms with E-state index >= 15 is 0 Å². The van der Waals surface area contributed by atoms with Crippen LogP contribution in [-0.4, -0.2) is 8.07 Å². The second-order valence-electron chi connectivity index (χ2n) is 22.0. The Morgan fingerprint density at radius 2 is 0.596 bits per heavy atom. The first-order valence-electron chi connectivity index (χ1n) is 19.7. The SMILES string of the molecule is CC(C)(C)c1cc(C(C)(C)C)cc([Si]([C]2C=Cc3ccccc32)(c2cc(C(C)(C)C)cc(C(C)(C)C)c2)c2cc(C(C)(C)C)cc(C(C)(C)C)c2)c1. The molecule has 277 valence electrons. The summed E-state index contributed by atoms with van der Waals surface area (Å²) < 4.78 is 0. The van der Waals surface area contributed by atoms with Crippen molar-refractivity contribution >= 4 is 29.7 Å². The molecule has 1 heteroatoms. The number of hydrogen-bond donors (Lipinski definition) is 0. The molecule has 0 atom stereocenters. The van der Waals surface area contributed by atoms with Gasteiger partial charge in [0.05, 0.1) is 0 Å². The summed E-state index contributed by atoms with van der Waals surface area (Å²) in [6, 6.07) is 32.4. The highest BCUT2D eigenvalue weighted by molar-refractivity contribution is 7.16. The quantitative estimate of drug-likeness (QED) is 0.146. The lowest BCUT2D eigenvalue weighted by molar-refractivity contribution is 0.569. The van der Waals surface area contributed by atoms with E-state index in [9.17, 15) is 0 Å². The Bertz CT molecular complexity index is 1690. The van der Waals surface area contributed by atoms with E-state index in [4.69, 9.17) is 0 Å². The molecule has 0 nitrogen and oxygen atoms in total. The monoisotopic (exact) mass is 710 g/mol. The number of rotatable bonds is 4. The van der Waals surface area contributed by atoms with Gasteiger partial charge in [-0.3, -0.25) is 0 Å². The molecule has 0 bridgehead atoms. The lowest BCUT2D eigenvalue weighted by Gasteiger charge is -2.42. The van der Waals surface area contributed by atoms with Gasteiger partial charge in [0.2, 0.25) is 0 Å². The van der Waals surface area contributed by atoms with Crippen molar-refractivity contribution in [3.8, 4) is 0 Å². The fourth-order valence-electron chi connectivity index (χ4n) is 7.57. The van der Waals surface area contributed by atoms with Crippen molar-refractivity contribution in [1.29, 1.82) is 0 Å². The molecule has 0 heterocycles. The Morgan fingerprint density at radius 3 is 0.865 bits per heavy atom. The van der Waals surface area contributed by atoms with Crippen molar-refractivity contribution < 1.29 is 0 Å². The first kappa shape index (κ1) is 40.0. The maximum atomic E-state index is 2.63. The van der Waals surface area contributed by atoms with Crippen LogP contribution in [0.2, 0.25) is 0 Å². The van der Waals surface area contributed by atoms with Crippen LogP contribution in [0.5, 0.6) is 0 Å². The summed E-state index contributed by atoms with van der Waals surface area (Å²) in [5.74, 6) is 0. The fraction of sp³-hybridized carbons (Fsp3) is 0.471. The van der Waals surface area contributed by atoms with Gasteiger partial charge in [0.25, 0.3) is 0 Å². The predicted octanol–water partition coefficient (Wildman–Crippen LogP) is 12.1. The minimum absolute atomic E-state index is 0.0160. The van der Waals surface area contributed by atoms with Gasteiger partial charge in [-0.15, -0.1) is 0 Å². The molecule has 4 aromatic carbocycles. The highest BCUT2D eigenvalue weighted by Gasteiger charge is 2.50. The largest absolute Gasteiger partial charge is 0.163 e. The summed E-state index contributed by atoms with van der Waals surface area (Å²) in [7, 11) is -3.07. The first-order valence-corrected chi connectivity index (χ1v) is 21.7. The zero-order chi connectivity index (χ0) is 39.0. The molecule has 0 aliphatic heterocycles. The van der Waals surface area contributed by atoms with Crippen LogP contribution < -0.4 is 15.6 Å². The van der Waals surface area contributed by atoms with E-state index in [1.165, 1.54) is 65.6 Å². The molecule has 0 unspecified atom stereocenters. The van der Waals surface area contributed by atoms with E-state index in [-0.39, 0.29) is 32.5 Å². The van der Waals surface area contributed by atoms with Crippen LogP contribution in [0.4, 0.5) is 0 Å². The summed E-state index contributed by atoms with van der Waals surface area (Å²) in [6.07, 6.45) is 4.90. The van der Waals surface area contributed by atoms with Crippen LogP contribution >= 0.6 is 0 Å². The zero-order valence-corrected chi connectivity index (χ0v) is 37.2. The van der Waals surface area contributed by atoms with Crippen molar-refractivity contribution in [2.24, 2.45) is 0 Å². The minimum atomic E-state index is -3.07. The van der Waals surface area contributed by atoms with Crippen LogP contribution in [0.3, 0.4) is 0 Å². The summed E-state index contributed by atoms with van der Waals surface area (Å²) in [5.41, 5.74) is 12.6. The molecular weight excluding hydrogens is 641 g/mol. The Kier molecular flexibility index (Phi) is 10.0. The van der Waals surface area contributed by atoms with Crippen LogP contribution in [0, 0.1) is 5.54 Å². The van der Waals surface area contributed by atoms with Gasteiger partial charge in [-0.25, -0.2) is 0 Å². The molecule has 0 saturated carbocycles. The average Bonchev–Trinajstić information content (AvgIpc) is 3.43. The third kappa shape index (κ3) is 7.73. The Labute approximate surface area is 320 Å². The van der Waals surface area contributed by atoms with Gasteiger partial charge in [0.15, 0.2) is 8.07 Å². The van der Waals surface area contributed by atoms with Crippen molar-refractivity contribution in [1.82, 2.24) is 0 Å². The highest BCUT2D eigenvalue weighted by atomic mass is 28.3. The Hall–Kier alpha value is -3.16. The van der Waals surface area contributed by atoms with Crippen LogP contribution in [-0.2, 0) is 32.5 Å². The standard InChI is InChI=1S/C51H69Si/c1-46(2,3)35-25-36(47(4,5)6)29-41(28-35)52(45-24-23-34-21-19-20-22-44(34)45,42-30-37(48(7,8)9)26-38(31-42)49(10,11)12)43-32-39(50(13,14)15)27-40(33-43)51(16,17)18/h19-33H,1-18H3. The van der Waals surface area contributed by atoms with Gasteiger partial charge in [0, 0.05) is 5.54 Å². The third-order valence-electron chi connectivity index (χ3n) is 11.4. The molecule has 0 saturated heterocycles. The van der Waals surface area contributed by atoms with E-state index < -0.39 is 8.07 Å². The van der Waals surface area contributed by atoms with Gasteiger partial charge >= 0.3 is 0 Å². The first-order chi connectivity index (χ1) is 23.5.